The monoisotopic (exact) mass is 199 g/mol. The normalized spacial score (nSPS) is 7.25. The van der Waals surface area contributed by atoms with Crippen molar-refractivity contribution < 1.29 is 23.2 Å². The van der Waals surface area contributed by atoms with E-state index in [4.69, 9.17) is 17.5 Å². The zero-order valence-electron chi connectivity index (χ0n) is 8.24. The Bertz CT molecular complexity index is 108. The van der Waals surface area contributed by atoms with Crippen LogP contribution >= 0.6 is 0 Å². The fraction of sp³-hybridized carbons (Fsp3) is 0. The van der Waals surface area contributed by atoms with Gasteiger partial charge in [-0.05, 0) is 0 Å². The van der Waals surface area contributed by atoms with E-state index in [1.807, 2.05) is 0 Å². The first-order valence-corrected chi connectivity index (χ1v) is 2.10. The van der Waals surface area contributed by atoms with Gasteiger partial charge in [0, 0.05) is 0 Å². The summed E-state index contributed by atoms with van der Waals surface area (Å²) in [6.45, 7) is 0. The van der Waals surface area contributed by atoms with Gasteiger partial charge in [-0.3, -0.25) is 9.11 Å². The molecule has 0 bridgehead atoms. The van der Waals surface area contributed by atoms with Gasteiger partial charge in [0.05, 0.1) is 0 Å². The molecule has 48 valence electrons. The summed E-state index contributed by atoms with van der Waals surface area (Å²) in [5.74, 6) is 0. The first-order valence-electron chi connectivity index (χ1n) is 0.698. The van der Waals surface area contributed by atoms with E-state index in [1.165, 1.54) is 0 Å². The molecule has 5 N–H and O–H groups in total. The summed E-state index contributed by atoms with van der Waals surface area (Å²) in [5, 5.41) is 0. The van der Waals surface area contributed by atoms with E-state index in [1.54, 1.807) is 0 Å². The topological polar surface area (TPSA) is 110 Å². The number of hydrogen-bond donors (Lipinski definition) is 3. The molecule has 0 aliphatic heterocycles. The van der Waals surface area contributed by atoms with Gasteiger partial charge in [0.1, 0.15) is 0 Å². The second kappa shape index (κ2) is 9.35. The average Bonchev–Trinajstić information content (AvgIpc) is 0.722. The van der Waals surface area contributed by atoms with Gasteiger partial charge < -0.3 is 11.9 Å². The van der Waals surface area contributed by atoms with Crippen molar-refractivity contribution in [3.05, 3.63) is 0 Å². The Kier molecular flexibility index (Phi) is 26.2. The minimum Gasteiger partial charge on any atom is -1.00 e. The smallest absolute Gasteiger partial charge is 1.00 e. The molecule has 0 rings (SSSR count). The van der Waals surface area contributed by atoms with Gasteiger partial charge in [0.25, 0.3) is 0 Å². The third kappa shape index (κ3) is 81.7. The summed E-state index contributed by atoms with van der Waals surface area (Å²) in [5.41, 5.74) is 0. The van der Waals surface area contributed by atoms with Crippen molar-refractivity contribution >= 4 is 85.9 Å². The molecular formula is H9Ca2NO4S. The number of hydrogen-bond acceptors (Lipinski definition) is 3. The first-order chi connectivity index (χ1) is 2.00. The van der Waals surface area contributed by atoms with Crippen LogP contribution in [0.15, 0.2) is 0 Å². The van der Waals surface area contributed by atoms with Gasteiger partial charge in [-0.2, -0.15) is 8.42 Å². The zero-order valence-corrected chi connectivity index (χ0v) is 9.47. The molecule has 0 saturated heterocycles. The Morgan fingerprint density at radius 2 is 1.12 bits per heavy atom. The van der Waals surface area contributed by atoms with Crippen LogP contribution in [0.4, 0.5) is 0 Å². The molecule has 5 nitrogen and oxygen atoms in total. The Hall–Kier alpha value is 2.35. The Morgan fingerprint density at radius 3 is 1.12 bits per heavy atom. The maximum absolute atomic E-state index is 8.74. The van der Waals surface area contributed by atoms with Gasteiger partial charge in [-0.15, -0.1) is 0 Å². The maximum Gasteiger partial charge on any atom is 2.00 e. The Labute approximate surface area is 113 Å². The molecule has 0 spiro atoms. The van der Waals surface area contributed by atoms with E-state index >= 15 is 0 Å². The molecule has 0 aromatic heterocycles. The van der Waals surface area contributed by atoms with E-state index in [-0.39, 0.29) is 87.3 Å². The van der Waals surface area contributed by atoms with E-state index in [0.29, 0.717) is 0 Å². The van der Waals surface area contributed by atoms with Crippen molar-refractivity contribution in [3.63, 3.8) is 0 Å². The average molecular weight is 199 g/mol. The molecular weight excluding hydrogens is 190 g/mol. The second-order valence-electron chi connectivity index (χ2n) is 0.448. The molecule has 0 aromatic carbocycles. The van der Waals surface area contributed by atoms with Crippen molar-refractivity contribution in [1.82, 2.24) is 6.15 Å². The summed E-state index contributed by atoms with van der Waals surface area (Å²) in [7, 11) is -4.67. The minimum atomic E-state index is -4.67. The molecule has 8 heavy (non-hydrogen) atoms. The summed E-state index contributed by atoms with van der Waals surface area (Å²) in [6.07, 6.45) is 0. The predicted molar refractivity (Wildman–Crippen MR) is 35.2 cm³/mol. The molecule has 0 atom stereocenters. The van der Waals surface area contributed by atoms with Gasteiger partial charge in [0.15, 0.2) is 0 Å². The molecule has 0 aromatic rings. The second-order valence-corrected chi connectivity index (χ2v) is 1.34. The minimum absolute atomic E-state index is 0. The summed E-state index contributed by atoms with van der Waals surface area (Å²) < 4.78 is 31.6. The quantitative estimate of drug-likeness (QED) is 0.349. The van der Waals surface area contributed by atoms with Crippen LogP contribution in [0, 0.1) is 0 Å². The van der Waals surface area contributed by atoms with Crippen LogP contribution < -0.4 is 6.15 Å². The van der Waals surface area contributed by atoms with E-state index in [2.05, 4.69) is 0 Å². The van der Waals surface area contributed by atoms with Gasteiger partial charge in [0.2, 0.25) is 0 Å². The van der Waals surface area contributed by atoms with Crippen LogP contribution in [-0.2, 0) is 10.4 Å². The molecule has 0 saturated carbocycles. The predicted octanol–water partition coefficient (Wildman–Crippen LogP) is -0.802. The fourth-order valence-corrected chi connectivity index (χ4v) is 0. The first kappa shape index (κ1) is 22.4. The van der Waals surface area contributed by atoms with Crippen molar-refractivity contribution in [2.75, 3.05) is 0 Å². The molecule has 8 heteroatoms. The summed E-state index contributed by atoms with van der Waals surface area (Å²) in [6, 6.07) is 0. The third-order valence-corrected chi connectivity index (χ3v) is 0. The largest absolute Gasteiger partial charge is 2.00 e. The van der Waals surface area contributed by atoms with Gasteiger partial charge >= 0.3 is 85.9 Å². The van der Waals surface area contributed by atoms with E-state index < -0.39 is 10.4 Å². The molecule has 0 fully saturated rings. The summed E-state index contributed by atoms with van der Waals surface area (Å²) in [4.78, 5) is 0. The SMILES string of the molecule is N.O=S(=O)(O)O.[Ca+2].[Ca+2].[H-].[H-].[H-].[H-]. The molecule has 0 amide bonds. The van der Waals surface area contributed by atoms with E-state index in [9.17, 15) is 0 Å². The Balaban J connectivity index is -0.00000000381. The summed E-state index contributed by atoms with van der Waals surface area (Å²) >= 11 is 0. The van der Waals surface area contributed by atoms with Gasteiger partial charge in [-0.25, -0.2) is 0 Å². The molecule has 0 unspecified atom stereocenters. The molecule has 0 aliphatic rings. The van der Waals surface area contributed by atoms with Gasteiger partial charge in [-0.1, -0.05) is 0 Å². The van der Waals surface area contributed by atoms with Crippen molar-refractivity contribution in [1.29, 1.82) is 0 Å². The van der Waals surface area contributed by atoms with Crippen molar-refractivity contribution in [2.45, 2.75) is 0 Å². The standard InChI is InChI=1S/2Ca.H3N.H2O4S.4H/c;;;1-5(2,3)4;;;;/h;;1H3;(H2,1,2,3,4);;;;/q2*+2;;;4*-1. The van der Waals surface area contributed by atoms with Crippen LogP contribution in [-0.4, -0.2) is 93.0 Å². The van der Waals surface area contributed by atoms with Crippen LogP contribution in [0.5, 0.6) is 0 Å². The number of rotatable bonds is 0. The maximum atomic E-state index is 8.74. The van der Waals surface area contributed by atoms with Crippen LogP contribution in [0.25, 0.3) is 0 Å². The van der Waals surface area contributed by atoms with Crippen LogP contribution in [0.1, 0.15) is 5.71 Å². The molecule has 0 radical (unpaired) electrons. The molecule has 0 heterocycles. The van der Waals surface area contributed by atoms with Crippen LogP contribution in [0.3, 0.4) is 0 Å². The molecule has 0 aliphatic carbocycles. The van der Waals surface area contributed by atoms with Crippen molar-refractivity contribution in [2.24, 2.45) is 0 Å². The Morgan fingerprint density at radius 1 is 1.12 bits per heavy atom. The zero-order chi connectivity index (χ0) is 4.50. The van der Waals surface area contributed by atoms with Crippen LogP contribution in [0.2, 0.25) is 0 Å². The van der Waals surface area contributed by atoms with E-state index in [0.717, 1.165) is 0 Å². The van der Waals surface area contributed by atoms with Crippen molar-refractivity contribution in [3.8, 4) is 0 Å². The fourth-order valence-electron chi connectivity index (χ4n) is 0. The third-order valence-electron chi connectivity index (χ3n) is 0.